The smallest absolute Gasteiger partial charge is 0.237 e. The maximum atomic E-state index is 12.5. The van der Waals surface area contributed by atoms with Crippen LogP contribution in [0.1, 0.15) is 11.1 Å². The van der Waals surface area contributed by atoms with Crippen LogP contribution in [-0.4, -0.2) is 52.2 Å². The fraction of sp³-hybridized carbons (Fsp3) is 0.389. The number of fused-ring (bicyclic) bond motifs is 1. The van der Waals surface area contributed by atoms with Crippen LogP contribution in [0.3, 0.4) is 0 Å². The molecular weight excluding hydrogens is 354 g/mol. The quantitative estimate of drug-likeness (QED) is 0.828. The van der Waals surface area contributed by atoms with Crippen molar-refractivity contribution >= 4 is 15.7 Å². The topological polar surface area (TPSA) is 80.8 Å². The van der Waals surface area contributed by atoms with E-state index >= 15 is 0 Å². The Kier molecular flexibility index (Phi) is 5.33. The van der Waals surface area contributed by atoms with E-state index in [2.05, 4.69) is 14.6 Å². The first-order valence-corrected chi connectivity index (χ1v) is 9.93. The average molecular weight is 377 g/mol. The van der Waals surface area contributed by atoms with Gasteiger partial charge in [-0.25, -0.2) is 8.42 Å². The van der Waals surface area contributed by atoms with Crippen molar-refractivity contribution in [2.24, 2.45) is 0 Å². The molecule has 0 spiro atoms. The summed E-state index contributed by atoms with van der Waals surface area (Å²) in [7, 11) is 1.99. The van der Waals surface area contributed by atoms with Gasteiger partial charge >= 0.3 is 0 Å². The molecule has 1 N–H and O–H groups in total. The van der Waals surface area contributed by atoms with Gasteiger partial charge in [0.2, 0.25) is 10.0 Å². The molecule has 1 aliphatic heterocycles. The van der Waals surface area contributed by atoms with Gasteiger partial charge in [0.25, 0.3) is 0 Å². The minimum absolute atomic E-state index is 0.151. The molecule has 0 unspecified atom stereocenters. The highest BCUT2D eigenvalue weighted by Crippen LogP contribution is 2.40. The zero-order chi connectivity index (χ0) is 18.7. The fourth-order valence-corrected chi connectivity index (χ4v) is 4.13. The van der Waals surface area contributed by atoms with Gasteiger partial charge in [0, 0.05) is 24.0 Å². The largest absolute Gasteiger partial charge is 0.496 e. The highest BCUT2D eigenvalue weighted by atomic mass is 32.2. The second kappa shape index (κ2) is 7.51. The van der Waals surface area contributed by atoms with Gasteiger partial charge in [-0.15, -0.1) is 0 Å². The third-order valence-electron chi connectivity index (χ3n) is 4.37. The number of likely N-dealkylation sites (N-methyl/N-ethyl adjacent to an activating group) is 1. The van der Waals surface area contributed by atoms with E-state index in [0.29, 0.717) is 29.4 Å². The lowest BCUT2D eigenvalue weighted by Gasteiger charge is -2.32. The normalized spacial score (nSPS) is 16.7. The predicted molar refractivity (Wildman–Crippen MR) is 100 cm³/mol. The van der Waals surface area contributed by atoms with E-state index in [-0.39, 0.29) is 11.8 Å². The number of rotatable bonds is 6. The standard InChI is InChI=1S/C18H23N3O4S/c1-21(2)14-9-15-17(24-3)7-6-16(18(15)25-11-14)20-26(22,23)12-13-5-4-8-19-10-13/h4-8,10,14,20H,9,11-12H2,1-3H3/t14-/m1/s1. The summed E-state index contributed by atoms with van der Waals surface area (Å²) in [6, 6.07) is 7.09. The molecule has 3 rings (SSSR count). The Morgan fingerprint density at radius 1 is 1.35 bits per heavy atom. The Hall–Kier alpha value is -2.32. The summed E-state index contributed by atoms with van der Waals surface area (Å²) < 4.78 is 39.1. The van der Waals surface area contributed by atoms with Crippen LogP contribution >= 0.6 is 0 Å². The maximum absolute atomic E-state index is 12.5. The summed E-state index contributed by atoms with van der Waals surface area (Å²) >= 11 is 0. The lowest BCUT2D eigenvalue weighted by atomic mass is 10.00. The second-order valence-corrected chi connectivity index (χ2v) is 8.20. The van der Waals surface area contributed by atoms with E-state index in [1.165, 1.54) is 0 Å². The number of nitrogens with zero attached hydrogens (tertiary/aromatic N) is 2. The molecule has 1 atom stereocenters. The summed E-state index contributed by atoms with van der Waals surface area (Å²) in [5.74, 6) is 1.08. The fourth-order valence-electron chi connectivity index (χ4n) is 2.95. The molecule has 8 heteroatoms. The number of sulfonamides is 1. The lowest BCUT2D eigenvalue weighted by Crippen LogP contribution is -2.38. The van der Waals surface area contributed by atoms with Gasteiger partial charge in [-0.05, 0) is 44.3 Å². The van der Waals surface area contributed by atoms with Crippen molar-refractivity contribution < 1.29 is 17.9 Å². The summed E-state index contributed by atoms with van der Waals surface area (Å²) in [4.78, 5) is 6.04. The van der Waals surface area contributed by atoms with Gasteiger partial charge in [-0.2, -0.15) is 0 Å². The number of hydrogen-bond donors (Lipinski definition) is 1. The van der Waals surface area contributed by atoms with Gasteiger partial charge in [0.05, 0.1) is 18.6 Å². The Labute approximate surface area is 154 Å². The second-order valence-electron chi connectivity index (χ2n) is 6.48. The molecule has 7 nitrogen and oxygen atoms in total. The monoisotopic (exact) mass is 377 g/mol. The molecule has 0 amide bonds. The van der Waals surface area contributed by atoms with E-state index in [1.54, 1.807) is 43.8 Å². The van der Waals surface area contributed by atoms with Gasteiger partial charge < -0.3 is 14.4 Å². The minimum Gasteiger partial charge on any atom is -0.496 e. The number of hydrogen-bond acceptors (Lipinski definition) is 6. The summed E-state index contributed by atoms with van der Waals surface area (Å²) in [5, 5.41) is 0. The van der Waals surface area contributed by atoms with Crippen molar-refractivity contribution in [1.29, 1.82) is 0 Å². The molecule has 2 aromatic rings. The molecule has 0 bridgehead atoms. The molecule has 1 aromatic carbocycles. The van der Waals surface area contributed by atoms with Crippen LogP contribution in [0.5, 0.6) is 11.5 Å². The van der Waals surface area contributed by atoms with Crippen LogP contribution < -0.4 is 14.2 Å². The summed E-state index contributed by atoms with van der Waals surface area (Å²) in [6.07, 6.45) is 3.88. The summed E-state index contributed by atoms with van der Waals surface area (Å²) in [5.41, 5.74) is 1.93. The number of ether oxygens (including phenoxy) is 2. The summed E-state index contributed by atoms with van der Waals surface area (Å²) in [6.45, 7) is 0.491. The van der Waals surface area contributed by atoms with E-state index in [0.717, 1.165) is 12.0 Å². The molecule has 2 heterocycles. The van der Waals surface area contributed by atoms with Crippen molar-refractivity contribution in [3.05, 3.63) is 47.8 Å². The molecule has 0 saturated heterocycles. The van der Waals surface area contributed by atoms with Crippen LogP contribution in [0, 0.1) is 0 Å². The highest BCUT2D eigenvalue weighted by Gasteiger charge is 2.28. The molecule has 0 radical (unpaired) electrons. The number of nitrogens with one attached hydrogen (secondary N) is 1. The van der Waals surface area contributed by atoms with Gasteiger partial charge in [-0.1, -0.05) is 6.07 Å². The Balaban J connectivity index is 1.88. The van der Waals surface area contributed by atoms with Gasteiger partial charge in [-0.3, -0.25) is 9.71 Å². The van der Waals surface area contributed by atoms with E-state index in [1.807, 2.05) is 14.1 Å². The Morgan fingerprint density at radius 3 is 2.81 bits per heavy atom. The van der Waals surface area contributed by atoms with Crippen LogP contribution in [0.15, 0.2) is 36.7 Å². The molecule has 26 heavy (non-hydrogen) atoms. The highest BCUT2D eigenvalue weighted by molar-refractivity contribution is 7.91. The molecule has 0 saturated carbocycles. The molecule has 1 aromatic heterocycles. The first kappa shape index (κ1) is 18.5. The third-order valence-corrected chi connectivity index (χ3v) is 5.62. The minimum atomic E-state index is -3.59. The van der Waals surface area contributed by atoms with Crippen molar-refractivity contribution in [2.45, 2.75) is 18.2 Å². The molecule has 1 aliphatic rings. The zero-order valence-electron chi connectivity index (χ0n) is 15.1. The zero-order valence-corrected chi connectivity index (χ0v) is 15.9. The Morgan fingerprint density at radius 2 is 2.15 bits per heavy atom. The van der Waals surface area contributed by atoms with Crippen LogP contribution in [0.4, 0.5) is 5.69 Å². The average Bonchev–Trinajstić information content (AvgIpc) is 2.61. The SMILES string of the molecule is COc1ccc(NS(=O)(=O)Cc2cccnc2)c2c1C[C@@H](N(C)C)CO2. The predicted octanol–water partition coefficient (Wildman–Crippen LogP) is 1.90. The van der Waals surface area contributed by atoms with Crippen molar-refractivity contribution in [3.8, 4) is 11.5 Å². The van der Waals surface area contributed by atoms with E-state index < -0.39 is 10.0 Å². The van der Waals surface area contributed by atoms with Crippen molar-refractivity contribution in [3.63, 3.8) is 0 Å². The van der Waals surface area contributed by atoms with Crippen LogP contribution in [0.2, 0.25) is 0 Å². The lowest BCUT2D eigenvalue weighted by molar-refractivity contribution is 0.164. The number of aromatic nitrogens is 1. The number of pyridine rings is 1. The van der Waals surface area contributed by atoms with Crippen LogP contribution in [0.25, 0.3) is 0 Å². The first-order chi connectivity index (χ1) is 12.4. The molecule has 0 aliphatic carbocycles. The van der Waals surface area contributed by atoms with Gasteiger partial charge in [0.15, 0.2) is 0 Å². The molecule has 140 valence electrons. The van der Waals surface area contributed by atoms with Crippen molar-refractivity contribution in [1.82, 2.24) is 9.88 Å². The van der Waals surface area contributed by atoms with E-state index in [9.17, 15) is 8.42 Å². The van der Waals surface area contributed by atoms with Crippen molar-refractivity contribution in [2.75, 3.05) is 32.5 Å². The number of benzene rings is 1. The number of methoxy groups -OCH3 is 1. The molecular formula is C18H23N3O4S. The number of anilines is 1. The van der Waals surface area contributed by atoms with Gasteiger partial charge in [0.1, 0.15) is 18.1 Å². The molecule has 0 fully saturated rings. The van der Waals surface area contributed by atoms with E-state index in [4.69, 9.17) is 9.47 Å². The third kappa shape index (κ3) is 4.08. The Bertz CT molecular complexity index is 870. The van der Waals surface area contributed by atoms with Crippen LogP contribution in [-0.2, 0) is 22.2 Å². The maximum Gasteiger partial charge on any atom is 0.237 e. The first-order valence-electron chi connectivity index (χ1n) is 8.28.